The molecule has 1 rings (SSSR count). The smallest absolute Gasteiger partial charge is 0.330 e. The maximum absolute atomic E-state index is 12.4. The maximum atomic E-state index is 12.4. The topological polar surface area (TPSA) is 20.3 Å². The zero-order valence-electron chi connectivity index (χ0n) is 9.78. The van der Waals surface area contributed by atoms with Gasteiger partial charge < -0.3 is 4.90 Å². The summed E-state index contributed by atoms with van der Waals surface area (Å²) in [6, 6.07) is 8.58. The lowest BCUT2D eigenvalue weighted by molar-refractivity contribution is -0.186. The van der Waals surface area contributed by atoms with Gasteiger partial charge in [-0.05, 0) is 12.0 Å². The molecule has 0 aliphatic carbocycles. The molecule has 0 aliphatic rings. The Morgan fingerprint density at radius 2 is 1.89 bits per heavy atom. The van der Waals surface area contributed by atoms with Gasteiger partial charge in [-0.25, -0.2) is 0 Å². The molecule has 0 N–H and O–H groups in total. The van der Waals surface area contributed by atoms with E-state index in [4.69, 9.17) is 0 Å². The number of alkyl halides is 3. The van der Waals surface area contributed by atoms with Crippen molar-refractivity contribution in [3.8, 4) is 0 Å². The van der Waals surface area contributed by atoms with Gasteiger partial charge in [0.25, 0.3) is 0 Å². The lowest BCUT2D eigenvalue weighted by atomic mass is 10.2. The molecule has 1 amide bonds. The van der Waals surface area contributed by atoms with Crippen molar-refractivity contribution in [3.05, 3.63) is 48.6 Å². The van der Waals surface area contributed by atoms with Gasteiger partial charge in [0.15, 0.2) is 0 Å². The summed E-state index contributed by atoms with van der Waals surface area (Å²) in [6.45, 7) is 3.40. The van der Waals surface area contributed by atoms with Crippen molar-refractivity contribution in [3.63, 3.8) is 0 Å². The van der Waals surface area contributed by atoms with Crippen LogP contribution in [0.25, 0.3) is 0 Å². The summed E-state index contributed by atoms with van der Waals surface area (Å²) in [4.78, 5) is 12.0. The molecule has 0 atom stereocenters. The molecule has 0 saturated carbocycles. The lowest BCUT2D eigenvalue weighted by Gasteiger charge is -2.23. The van der Waals surface area contributed by atoms with Gasteiger partial charge in [0.05, 0.1) is 0 Å². The molecule has 2 nitrogen and oxygen atoms in total. The van der Waals surface area contributed by atoms with Gasteiger partial charge in [0.2, 0.25) is 0 Å². The van der Waals surface area contributed by atoms with Crippen molar-refractivity contribution in [2.45, 2.75) is 19.1 Å². The zero-order chi connectivity index (χ0) is 13.6. The molecule has 5 heteroatoms. The van der Waals surface area contributed by atoms with Crippen LogP contribution in [0.3, 0.4) is 0 Å². The highest BCUT2D eigenvalue weighted by Gasteiger charge is 2.42. The highest BCUT2D eigenvalue weighted by Crippen LogP contribution is 2.20. The monoisotopic (exact) mass is 257 g/mol. The average Bonchev–Trinajstić information content (AvgIpc) is 2.33. The quantitative estimate of drug-likeness (QED) is 0.742. The van der Waals surface area contributed by atoms with E-state index in [1.165, 1.54) is 6.08 Å². The van der Waals surface area contributed by atoms with E-state index in [0.29, 0.717) is 12.0 Å². The molecule has 0 radical (unpaired) electrons. The number of carbonyl (C=O) groups excluding carboxylic acids is 1. The van der Waals surface area contributed by atoms with Crippen LogP contribution >= 0.6 is 0 Å². The van der Waals surface area contributed by atoms with Crippen LogP contribution in [0.1, 0.15) is 12.0 Å². The molecule has 0 bridgehead atoms. The van der Waals surface area contributed by atoms with Crippen LogP contribution < -0.4 is 0 Å². The number of nitrogens with zero attached hydrogens (tertiary/aromatic N) is 1. The van der Waals surface area contributed by atoms with Gasteiger partial charge in [-0.3, -0.25) is 4.79 Å². The molecule has 18 heavy (non-hydrogen) atoms. The first kappa shape index (κ1) is 14.3. The first-order valence-electron chi connectivity index (χ1n) is 5.46. The van der Waals surface area contributed by atoms with Crippen LogP contribution in [0.4, 0.5) is 13.2 Å². The third-order valence-corrected chi connectivity index (χ3v) is 2.35. The summed E-state index contributed by atoms with van der Waals surface area (Å²) in [5.74, 6) is -1.81. The standard InChI is InChI=1S/C13H14F3NO/c1-2-3-9-17(12(18)13(14,15)16)10-11-7-5-4-6-8-11/h2,4-8H,1,3,9-10H2. The Bertz CT molecular complexity index is 400. The minimum absolute atomic E-state index is 0.0107. The Balaban J connectivity index is 2.79. The lowest BCUT2D eigenvalue weighted by Crippen LogP contribution is -2.41. The van der Waals surface area contributed by atoms with Gasteiger partial charge in [0.1, 0.15) is 0 Å². The molecular formula is C13H14F3NO. The molecule has 98 valence electrons. The number of rotatable bonds is 5. The molecule has 0 fully saturated rings. The number of carbonyl (C=O) groups is 1. The Hall–Kier alpha value is -1.78. The van der Waals surface area contributed by atoms with Crippen molar-refractivity contribution in [2.24, 2.45) is 0 Å². The van der Waals surface area contributed by atoms with Crippen LogP contribution in [-0.4, -0.2) is 23.5 Å². The van der Waals surface area contributed by atoms with Crippen molar-refractivity contribution < 1.29 is 18.0 Å². The van der Waals surface area contributed by atoms with Crippen LogP contribution in [0, 0.1) is 0 Å². The van der Waals surface area contributed by atoms with E-state index in [0.717, 1.165) is 4.90 Å². The molecule has 0 aromatic heterocycles. The first-order valence-corrected chi connectivity index (χ1v) is 5.46. The number of hydrogen-bond acceptors (Lipinski definition) is 1. The molecule has 0 spiro atoms. The molecule has 1 aromatic rings. The van der Waals surface area contributed by atoms with Crippen LogP contribution in [0.2, 0.25) is 0 Å². The summed E-state index contributed by atoms with van der Waals surface area (Å²) >= 11 is 0. The number of amides is 1. The predicted octanol–water partition coefficient (Wildman–Crippen LogP) is 3.15. The molecule has 0 aliphatic heterocycles. The molecule has 0 saturated heterocycles. The van der Waals surface area contributed by atoms with Gasteiger partial charge in [0, 0.05) is 13.1 Å². The van der Waals surface area contributed by atoms with Crippen molar-refractivity contribution in [1.29, 1.82) is 0 Å². The second-order valence-electron chi connectivity index (χ2n) is 3.79. The van der Waals surface area contributed by atoms with E-state index in [-0.39, 0.29) is 13.1 Å². The van der Waals surface area contributed by atoms with Gasteiger partial charge in [-0.15, -0.1) is 6.58 Å². The van der Waals surface area contributed by atoms with Gasteiger partial charge >= 0.3 is 12.1 Å². The largest absolute Gasteiger partial charge is 0.471 e. The highest BCUT2D eigenvalue weighted by atomic mass is 19.4. The second-order valence-corrected chi connectivity index (χ2v) is 3.79. The Morgan fingerprint density at radius 3 is 2.39 bits per heavy atom. The van der Waals surface area contributed by atoms with Crippen LogP contribution in [-0.2, 0) is 11.3 Å². The summed E-state index contributed by atoms with van der Waals surface area (Å²) in [7, 11) is 0. The van der Waals surface area contributed by atoms with Crippen molar-refractivity contribution >= 4 is 5.91 Å². The van der Waals surface area contributed by atoms with Crippen LogP contribution in [0.15, 0.2) is 43.0 Å². The van der Waals surface area contributed by atoms with E-state index in [9.17, 15) is 18.0 Å². The summed E-state index contributed by atoms with van der Waals surface area (Å²) in [5, 5.41) is 0. The second kappa shape index (κ2) is 6.23. The van der Waals surface area contributed by atoms with Crippen molar-refractivity contribution in [2.75, 3.05) is 6.54 Å². The predicted molar refractivity (Wildman–Crippen MR) is 62.7 cm³/mol. The van der Waals surface area contributed by atoms with E-state index < -0.39 is 12.1 Å². The molecular weight excluding hydrogens is 243 g/mol. The average molecular weight is 257 g/mol. The molecule has 0 heterocycles. The van der Waals surface area contributed by atoms with E-state index in [1.807, 2.05) is 0 Å². The number of halogens is 3. The Kier molecular flexibility index (Phi) is 4.95. The highest BCUT2D eigenvalue weighted by molar-refractivity contribution is 5.81. The van der Waals surface area contributed by atoms with E-state index in [2.05, 4.69) is 6.58 Å². The fourth-order valence-electron chi connectivity index (χ4n) is 1.48. The zero-order valence-corrected chi connectivity index (χ0v) is 9.78. The summed E-state index contributed by atoms with van der Waals surface area (Å²) in [6.07, 6.45) is -3.02. The Morgan fingerprint density at radius 1 is 1.28 bits per heavy atom. The fourth-order valence-corrected chi connectivity index (χ4v) is 1.48. The van der Waals surface area contributed by atoms with Gasteiger partial charge in [-0.1, -0.05) is 36.4 Å². The molecule has 1 aromatic carbocycles. The minimum atomic E-state index is -4.84. The van der Waals surface area contributed by atoms with Gasteiger partial charge in [-0.2, -0.15) is 13.2 Å². The van der Waals surface area contributed by atoms with E-state index in [1.54, 1.807) is 30.3 Å². The third kappa shape index (κ3) is 4.24. The first-order chi connectivity index (χ1) is 8.45. The van der Waals surface area contributed by atoms with E-state index >= 15 is 0 Å². The summed E-state index contributed by atoms with van der Waals surface area (Å²) in [5.41, 5.74) is 0.666. The molecule has 0 unspecified atom stereocenters. The fraction of sp³-hybridized carbons (Fsp3) is 0.308. The maximum Gasteiger partial charge on any atom is 0.471 e. The SMILES string of the molecule is C=CCCN(Cc1ccccc1)C(=O)C(F)(F)F. The number of hydrogen-bond donors (Lipinski definition) is 0. The summed E-state index contributed by atoms with van der Waals surface area (Å²) < 4.78 is 37.2. The minimum Gasteiger partial charge on any atom is -0.330 e. The third-order valence-electron chi connectivity index (χ3n) is 2.35. The number of benzene rings is 1. The Labute approximate surface area is 104 Å². The van der Waals surface area contributed by atoms with Crippen LogP contribution in [0.5, 0.6) is 0 Å². The normalized spacial score (nSPS) is 11.1. The van der Waals surface area contributed by atoms with Crippen molar-refractivity contribution in [1.82, 2.24) is 4.90 Å².